The fourth-order valence-corrected chi connectivity index (χ4v) is 3.81. The Labute approximate surface area is 192 Å². The SMILES string of the molecule is Cc1c([C@@H](NC(=O)Nc2cnc(N3CC(O)(C(F)(F)F)C3)nc2)C(C)C)oc2ccc(F)cc12. The summed E-state index contributed by atoms with van der Waals surface area (Å²) < 4.78 is 57.8. The van der Waals surface area contributed by atoms with Crippen LogP contribution in [-0.4, -0.2) is 46.0 Å². The molecule has 1 aromatic carbocycles. The molecule has 0 spiro atoms. The standard InChI is InChI=1S/C22H23F4N5O3/c1-11(2)17(18-12(3)15-6-13(23)4-5-16(15)34-18)30-20(32)29-14-7-27-19(28-8-14)31-9-21(33,10-31)22(24,25)26/h4-8,11,17,33H,9-10H2,1-3H3,(H2,29,30,32)/t17-/m0/s1. The first-order valence-electron chi connectivity index (χ1n) is 10.5. The number of amides is 2. The van der Waals surface area contributed by atoms with E-state index >= 15 is 0 Å². The average Bonchev–Trinajstić information content (AvgIpc) is 3.05. The molecular formula is C22H23F4N5O3. The summed E-state index contributed by atoms with van der Waals surface area (Å²) in [6.45, 7) is 4.25. The third-order valence-electron chi connectivity index (χ3n) is 5.78. The summed E-state index contributed by atoms with van der Waals surface area (Å²) in [7, 11) is 0. The van der Waals surface area contributed by atoms with Crippen molar-refractivity contribution < 1.29 is 31.9 Å². The smallest absolute Gasteiger partial charge is 0.420 e. The van der Waals surface area contributed by atoms with Crippen molar-refractivity contribution in [3.05, 3.63) is 47.7 Å². The van der Waals surface area contributed by atoms with Crippen LogP contribution in [0.15, 0.2) is 35.0 Å². The van der Waals surface area contributed by atoms with Crippen LogP contribution in [-0.2, 0) is 0 Å². The van der Waals surface area contributed by atoms with Gasteiger partial charge in [-0.05, 0) is 31.0 Å². The maximum atomic E-state index is 13.6. The van der Waals surface area contributed by atoms with Gasteiger partial charge in [0.1, 0.15) is 17.2 Å². The minimum absolute atomic E-state index is 0.00470. The Bertz CT molecular complexity index is 1200. The number of aromatic nitrogens is 2. The minimum Gasteiger partial charge on any atom is -0.459 e. The molecule has 0 unspecified atom stereocenters. The number of halogens is 4. The zero-order chi connectivity index (χ0) is 24.8. The van der Waals surface area contributed by atoms with Gasteiger partial charge in [-0.1, -0.05) is 13.8 Å². The summed E-state index contributed by atoms with van der Waals surface area (Å²) in [5.41, 5.74) is -1.33. The van der Waals surface area contributed by atoms with E-state index in [-0.39, 0.29) is 23.4 Å². The summed E-state index contributed by atoms with van der Waals surface area (Å²) in [6, 6.07) is 3.12. The van der Waals surface area contributed by atoms with Crippen LogP contribution in [0, 0.1) is 18.7 Å². The van der Waals surface area contributed by atoms with Crippen LogP contribution in [0.4, 0.5) is 34.0 Å². The molecule has 0 bridgehead atoms. The molecule has 12 heteroatoms. The van der Waals surface area contributed by atoms with Crippen molar-refractivity contribution in [2.45, 2.75) is 38.6 Å². The summed E-state index contributed by atoms with van der Waals surface area (Å²) in [5, 5.41) is 15.6. The number of β-amino-alcohol motifs (C(OH)–C–C–N with tert-alkyl or cyclic N) is 1. The van der Waals surface area contributed by atoms with E-state index < -0.39 is 36.9 Å². The molecule has 1 saturated heterocycles. The van der Waals surface area contributed by atoms with Gasteiger partial charge in [-0.3, -0.25) is 0 Å². The van der Waals surface area contributed by atoms with Gasteiger partial charge in [0.15, 0.2) is 5.60 Å². The number of aryl methyl sites for hydroxylation is 1. The Morgan fingerprint density at radius 3 is 2.47 bits per heavy atom. The molecule has 0 saturated carbocycles. The number of anilines is 2. The van der Waals surface area contributed by atoms with E-state index in [4.69, 9.17) is 4.42 Å². The quantitative estimate of drug-likeness (QED) is 0.470. The number of rotatable bonds is 5. The first-order valence-corrected chi connectivity index (χ1v) is 10.5. The average molecular weight is 481 g/mol. The lowest BCUT2D eigenvalue weighted by Crippen LogP contribution is -2.69. The molecule has 1 fully saturated rings. The van der Waals surface area contributed by atoms with Gasteiger partial charge in [0.2, 0.25) is 5.95 Å². The van der Waals surface area contributed by atoms with E-state index in [1.807, 2.05) is 13.8 Å². The molecule has 2 aromatic heterocycles. The van der Waals surface area contributed by atoms with Crippen molar-refractivity contribution in [2.24, 2.45) is 5.92 Å². The van der Waals surface area contributed by atoms with Crippen LogP contribution >= 0.6 is 0 Å². The summed E-state index contributed by atoms with van der Waals surface area (Å²) in [5.74, 6) is 0.0594. The Balaban J connectivity index is 1.42. The topological polar surface area (TPSA) is 104 Å². The fraction of sp³-hybridized carbons (Fsp3) is 0.409. The largest absolute Gasteiger partial charge is 0.459 e. The molecule has 8 nitrogen and oxygen atoms in total. The molecule has 4 rings (SSSR count). The zero-order valence-electron chi connectivity index (χ0n) is 18.6. The van der Waals surface area contributed by atoms with Crippen molar-refractivity contribution in [1.29, 1.82) is 0 Å². The molecule has 34 heavy (non-hydrogen) atoms. The number of hydrogen-bond acceptors (Lipinski definition) is 6. The van der Waals surface area contributed by atoms with Gasteiger partial charge in [-0.25, -0.2) is 19.2 Å². The van der Waals surface area contributed by atoms with Crippen molar-refractivity contribution >= 4 is 28.6 Å². The number of carbonyl (C=O) groups is 1. The highest BCUT2D eigenvalue weighted by atomic mass is 19.4. The van der Waals surface area contributed by atoms with Gasteiger partial charge in [0.05, 0.1) is 37.2 Å². The zero-order valence-corrected chi connectivity index (χ0v) is 18.6. The van der Waals surface area contributed by atoms with Crippen LogP contribution in [0.3, 0.4) is 0 Å². The Morgan fingerprint density at radius 2 is 1.88 bits per heavy atom. The van der Waals surface area contributed by atoms with Gasteiger partial charge < -0.3 is 25.1 Å². The molecule has 1 atom stereocenters. The van der Waals surface area contributed by atoms with E-state index in [0.717, 1.165) is 5.56 Å². The number of aliphatic hydroxyl groups is 1. The van der Waals surface area contributed by atoms with E-state index in [1.165, 1.54) is 35.5 Å². The Kier molecular flexibility index (Phi) is 5.88. The number of nitrogens with zero attached hydrogens (tertiary/aromatic N) is 3. The molecule has 182 valence electrons. The van der Waals surface area contributed by atoms with Crippen molar-refractivity contribution in [2.75, 3.05) is 23.3 Å². The lowest BCUT2D eigenvalue weighted by Gasteiger charge is -2.46. The van der Waals surface area contributed by atoms with Gasteiger partial charge in [0, 0.05) is 10.9 Å². The maximum absolute atomic E-state index is 13.6. The van der Waals surface area contributed by atoms with Gasteiger partial charge in [-0.15, -0.1) is 0 Å². The summed E-state index contributed by atoms with van der Waals surface area (Å²) in [4.78, 5) is 21.7. The molecule has 1 aliphatic heterocycles. The number of carbonyl (C=O) groups excluding carboxylic acids is 1. The molecule has 0 radical (unpaired) electrons. The highest BCUT2D eigenvalue weighted by Gasteiger charge is 2.61. The molecule has 3 N–H and O–H groups in total. The molecule has 2 amide bonds. The lowest BCUT2D eigenvalue weighted by molar-refractivity contribution is -0.267. The van der Waals surface area contributed by atoms with Crippen LogP contribution in [0.1, 0.15) is 31.2 Å². The van der Waals surface area contributed by atoms with Crippen LogP contribution in [0.2, 0.25) is 0 Å². The van der Waals surface area contributed by atoms with Crippen molar-refractivity contribution in [3.8, 4) is 0 Å². The minimum atomic E-state index is -4.73. The van der Waals surface area contributed by atoms with Crippen molar-refractivity contribution in [3.63, 3.8) is 0 Å². The number of urea groups is 1. The highest BCUT2D eigenvalue weighted by Crippen LogP contribution is 2.39. The Hall–Kier alpha value is -3.41. The third-order valence-corrected chi connectivity index (χ3v) is 5.78. The number of nitrogens with one attached hydrogen (secondary N) is 2. The highest BCUT2D eigenvalue weighted by molar-refractivity contribution is 5.89. The first kappa shape index (κ1) is 23.7. The Morgan fingerprint density at radius 1 is 1.24 bits per heavy atom. The van der Waals surface area contributed by atoms with E-state index in [9.17, 15) is 27.5 Å². The van der Waals surface area contributed by atoms with E-state index in [1.54, 1.807) is 6.92 Å². The fourth-order valence-electron chi connectivity index (χ4n) is 3.81. The number of alkyl halides is 3. The van der Waals surface area contributed by atoms with Crippen LogP contribution < -0.4 is 15.5 Å². The second-order valence-corrected chi connectivity index (χ2v) is 8.71. The van der Waals surface area contributed by atoms with Crippen molar-refractivity contribution in [1.82, 2.24) is 15.3 Å². The maximum Gasteiger partial charge on any atom is 0.420 e. The monoisotopic (exact) mass is 481 g/mol. The molecule has 1 aliphatic rings. The number of furan rings is 1. The second kappa shape index (κ2) is 8.42. The number of benzene rings is 1. The summed E-state index contributed by atoms with van der Waals surface area (Å²) in [6.07, 6.45) is -2.22. The first-order chi connectivity index (χ1) is 15.9. The molecule has 3 heterocycles. The third kappa shape index (κ3) is 4.37. The predicted molar refractivity (Wildman–Crippen MR) is 116 cm³/mol. The van der Waals surface area contributed by atoms with Gasteiger partial charge in [-0.2, -0.15) is 13.2 Å². The molecular weight excluding hydrogens is 458 g/mol. The number of hydrogen-bond donors (Lipinski definition) is 3. The van der Waals surface area contributed by atoms with E-state index in [0.29, 0.717) is 16.7 Å². The normalized spacial score (nSPS) is 16.4. The predicted octanol–water partition coefficient (Wildman–Crippen LogP) is 4.30. The van der Waals surface area contributed by atoms with Gasteiger partial charge in [0.25, 0.3) is 0 Å². The van der Waals surface area contributed by atoms with Crippen LogP contribution in [0.25, 0.3) is 11.0 Å². The van der Waals surface area contributed by atoms with Crippen LogP contribution in [0.5, 0.6) is 0 Å². The molecule has 0 aliphatic carbocycles. The van der Waals surface area contributed by atoms with E-state index in [2.05, 4.69) is 20.6 Å². The molecule has 3 aromatic rings. The summed E-state index contributed by atoms with van der Waals surface area (Å²) >= 11 is 0. The number of fused-ring (bicyclic) bond motifs is 1. The lowest BCUT2D eigenvalue weighted by atomic mass is 9.94. The van der Waals surface area contributed by atoms with Gasteiger partial charge >= 0.3 is 12.2 Å². The second-order valence-electron chi connectivity index (χ2n) is 8.71.